The lowest BCUT2D eigenvalue weighted by Gasteiger charge is -2.23. The summed E-state index contributed by atoms with van der Waals surface area (Å²) in [5, 5.41) is 0. The van der Waals surface area contributed by atoms with E-state index in [1.807, 2.05) is 18.2 Å². The van der Waals surface area contributed by atoms with Crippen LogP contribution in [-0.4, -0.2) is 45.2 Å². The molecule has 1 aromatic carbocycles. The topological polar surface area (TPSA) is 41.7 Å². The van der Waals surface area contributed by atoms with Gasteiger partial charge in [-0.2, -0.15) is 0 Å². The minimum Gasteiger partial charge on any atom is -0.495 e. The summed E-state index contributed by atoms with van der Waals surface area (Å²) in [6.07, 6.45) is 2.69. The Morgan fingerprint density at radius 3 is 2.63 bits per heavy atom. The van der Waals surface area contributed by atoms with Crippen LogP contribution in [0.2, 0.25) is 0 Å². The number of halogens is 1. The predicted molar refractivity (Wildman–Crippen MR) is 83.6 cm³/mol. The number of likely N-dealkylation sites (N-methyl/N-ethyl adjacent to an activating group) is 1. The second-order valence-electron chi connectivity index (χ2n) is 4.90. The van der Waals surface area contributed by atoms with Crippen molar-refractivity contribution in [2.24, 2.45) is 0 Å². The Morgan fingerprint density at radius 2 is 2.00 bits per heavy atom. The molecule has 1 aromatic rings. The van der Waals surface area contributed by atoms with Crippen LogP contribution in [0.3, 0.4) is 0 Å². The van der Waals surface area contributed by atoms with Crippen LogP contribution in [0.15, 0.2) is 18.2 Å². The van der Waals surface area contributed by atoms with E-state index in [9.17, 15) is 0 Å². The summed E-state index contributed by atoms with van der Waals surface area (Å²) in [4.78, 5) is 4.77. The molecule has 1 saturated heterocycles. The number of nitrogens with zero attached hydrogens (tertiary/aromatic N) is 2. The molecule has 0 spiro atoms. The van der Waals surface area contributed by atoms with Gasteiger partial charge in [0.15, 0.2) is 0 Å². The molecule has 1 fully saturated rings. The smallest absolute Gasteiger partial charge is 0.143 e. The lowest BCUT2D eigenvalue weighted by molar-refractivity contribution is 0.346. The first kappa shape index (κ1) is 15.9. The minimum absolute atomic E-state index is 0. The maximum Gasteiger partial charge on any atom is 0.143 e. The van der Waals surface area contributed by atoms with Crippen molar-refractivity contribution in [2.75, 3.05) is 51.0 Å². The average Bonchev–Trinajstić information content (AvgIpc) is 2.89. The first-order chi connectivity index (χ1) is 8.70. The van der Waals surface area contributed by atoms with Gasteiger partial charge in [-0.25, -0.2) is 0 Å². The maximum atomic E-state index is 5.82. The highest BCUT2D eigenvalue weighted by Crippen LogP contribution is 2.26. The molecule has 1 aliphatic rings. The largest absolute Gasteiger partial charge is 0.495 e. The molecular formula is C14H24ClN3O. The Hall–Kier alpha value is -1.13. The van der Waals surface area contributed by atoms with Crippen LogP contribution in [0.5, 0.6) is 5.75 Å². The summed E-state index contributed by atoms with van der Waals surface area (Å²) >= 11 is 0. The van der Waals surface area contributed by atoms with Crippen LogP contribution in [0.4, 0.5) is 11.4 Å². The van der Waals surface area contributed by atoms with E-state index in [1.165, 1.54) is 25.9 Å². The summed E-state index contributed by atoms with van der Waals surface area (Å²) in [6, 6.07) is 5.95. The predicted octanol–water partition coefficient (Wildman–Crippen LogP) is 2.23. The summed E-state index contributed by atoms with van der Waals surface area (Å²) in [7, 11) is 3.76. The van der Waals surface area contributed by atoms with E-state index in [1.54, 1.807) is 7.11 Å². The molecule has 1 heterocycles. The summed E-state index contributed by atoms with van der Waals surface area (Å²) in [5.41, 5.74) is 7.66. The fourth-order valence-corrected chi connectivity index (χ4v) is 2.36. The van der Waals surface area contributed by atoms with Gasteiger partial charge in [-0.1, -0.05) is 0 Å². The summed E-state index contributed by atoms with van der Waals surface area (Å²) < 4.78 is 5.25. The molecule has 0 amide bonds. The zero-order valence-corrected chi connectivity index (χ0v) is 12.6. The van der Waals surface area contributed by atoms with Gasteiger partial charge in [0, 0.05) is 31.9 Å². The third kappa shape index (κ3) is 4.18. The number of benzene rings is 1. The van der Waals surface area contributed by atoms with Crippen molar-refractivity contribution in [3.63, 3.8) is 0 Å². The number of nitrogens with two attached hydrogens (primary N) is 1. The molecule has 0 atom stereocenters. The SMILES string of the molecule is COc1cc(N(C)CCN2CCCC2)ccc1N.Cl. The van der Waals surface area contributed by atoms with Crippen molar-refractivity contribution in [1.82, 2.24) is 4.90 Å². The van der Waals surface area contributed by atoms with E-state index in [0.29, 0.717) is 5.69 Å². The van der Waals surface area contributed by atoms with Crippen LogP contribution in [0.25, 0.3) is 0 Å². The van der Waals surface area contributed by atoms with Crippen LogP contribution in [-0.2, 0) is 0 Å². The highest BCUT2D eigenvalue weighted by Gasteiger charge is 2.12. The molecule has 1 aliphatic heterocycles. The number of hydrogen-bond acceptors (Lipinski definition) is 4. The zero-order chi connectivity index (χ0) is 13.0. The van der Waals surface area contributed by atoms with Crippen molar-refractivity contribution < 1.29 is 4.74 Å². The van der Waals surface area contributed by atoms with Crippen molar-refractivity contribution in [1.29, 1.82) is 0 Å². The van der Waals surface area contributed by atoms with Crippen LogP contribution >= 0.6 is 12.4 Å². The maximum absolute atomic E-state index is 5.82. The quantitative estimate of drug-likeness (QED) is 0.843. The first-order valence-corrected chi connectivity index (χ1v) is 6.57. The van der Waals surface area contributed by atoms with Crippen LogP contribution in [0, 0.1) is 0 Å². The van der Waals surface area contributed by atoms with Gasteiger partial charge in [-0.05, 0) is 38.1 Å². The molecule has 108 valence electrons. The Morgan fingerprint density at radius 1 is 1.32 bits per heavy atom. The molecule has 0 aliphatic carbocycles. The highest BCUT2D eigenvalue weighted by atomic mass is 35.5. The third-order valence-electron chi connectivity index (χ3n) is 3.61. The van der Waals surface area contributed by atoms with E-state index in [-0.39, 0.29) is 12.4 Å². The molecule has 5 heteroatoms. The number of anilines is 2. The second kappa shape index (κ2) is 7.46. The van der Waals surface area contributed by atoms with Crippen LogP contribution in [0.1, 0.15) is 12.8 Å². The Labute approximate surface area is 121 Å². The van der Waals surface area contributed by atoms with Crippen molar-refractivity contribution in [2.45, 2.75) is 12.8 Å². The molecule has 0 saturated carbocycles. The van der Waals surface area contributed by atoms with Crippen molar-refractivity contribution in [3.8, 4) is 5.75 Å². The van der Waals surface area contributed by atoms with Gasteiger partial charge in [0.2, 0.25) is 0 Å². The number of methoxy groups -OCH3 is 1. The first-order valence-electron chi connectivity index (χ1n) is 6.57. The van der Waals surface area contributed by atoms with E-state index < -0.39 is 0 Å². The summed E-state index contributed by atoms with van der Waals surface area (Å²) in [6.45, 7) is 4.66. The third-order valence-corrected chi connectivity index (χ3v) is 3.61. The van der Waals surface area contributed by atoms with Gasteiger partial charge in [0.05, 0.1) is 12.8 Å². The van der Waals surface area contributed by atoms with E-state index in [0.717, 1.165) is 24.5 Å². The molecule has 2 N–H and O–H groups in total. The lowest BCUT2D eigenvalue weighted by Crippen LogP contribution is -2.31. The fourth-order valence-electron chi connectivity index (χ4n) is 2.36. The number of nitrogen functional groups attached to an aromatic ring is 1. The number of likely N-dealkylation sites (tertiary alicyclic amines) is 1. The van der Waals surface area contributed by atoms with Crippen LogP contribution < -0.4 is 15.4 Å². The van der Waals surface area contributed by atoms with Gasteiger partial charge in [-0.15, -0.1) is 12.4 Å². The van der Waals surface area contributed by atoms with Gasteiger partial charge in [0.1, 0.15) is 5.75 Å². The monoisotopic (exact) mass is 285 g/mol. The molecule has 0 aromatic heterocycles. The van der Waals surface area contributed by atoms with E-state index >= 15 is 0 Å². The van der Waals surface area contributed by atoms with Gasteiger partial charge in [-0.3, -0.25) is 0 Å². The Bertz CT molecular complexity index is 394. The average molecular weight is 286 g/mol. The van der Waals surface area contributed by atoms with E-state index in [2.05, 4.69) is 16.8 Å². The zero-order valence-electron chi connectivity index (χ0n) is 11.8. The number of ether oxygens (including phenoxy) is 1. The van der Waals surface area contributed by atoms with Crippen molar-refractivity contribution >= 4 is 23.8 Å². The number of rotatable bonds is 5. The molecular weight excluding hydrogens is 262 g/mol. The molecule has 0 bridgehead atoms. The van der Waals surface area contributed by atoms with Gasteiger partial charge >= 0.3 is 0 Å². The Balaban J connectivity index is 0.00000180. The standard InChI is InChI=1S/C14H23N3O.ClH/c1-16(9-10-17-7-3-4-8-17)12-5-6-13(15)14(11-12)18-2;/h5-6,11H,3-4,7-10,15H2,1-2H3;1H. The lowest BCUT2D eigenvalue weighted by atomic mass is 10.2. The Kier molecular flexibility index (Phi) is 6.25. The summed E-state index contributed by atoms with van der Waals surface area (Å²) in [5.74, 6) is 0.750. The second-order valence-corrected chi connectivity index (χ2v) is 4.90. The van der Waals surface area contributed by atoms with Gasteiger partial charge < -0.3 is 20.3 Å². The minimum atomic E-state index is 0. The molecule has 0 radical (unpaired) electrons. The molecule has 2 rings (SSSR count). The molecule has 4 nitrogen and oxygen atoms in total. The molecule has 19 heavy (non-hydrogen) atoms. The number of hydrogen-bond donors (Lipinski definition) is 1. The molecule has 0 unspecified atom stereocenters. The fraction of sp³-hybridized carbons (Fsp3) is 0.571. The highest BCUT2D eigenvalue weighted by molar-refractivity contribution is 5.85. The normalized spacial score (nSPS) is 15.1. The van der Waals surface area contributed by atoms with Gasteiger partial charge in [0.25, 0.3) is 0 Å². The van der Waals surface area contributed by atoms with E-state index in [4.69, 9.17) is 10.5 Å². The van der Waals surface area contributed by atoms with Crippen molar-refractivity contribution in [3.05, 3.63) is 18.2 Å².